The van der Waals surface area contributed by atoms with Crippen LogP contribution in [0.1, 0.15) is 18.1 Å². The molecule has 1 aromatic carbocycles. The van der Waals surface area contributed by atoms with Gasteiger partial charge in [0.05, 0.1) is 36.8 Å². The fourth-order valence-electron chi connectivity index (χ4n) is 3.20. The summed E-state index contributed by atoms with van der Waals surface area (Å²) in [5.41, 5.74) is 1.57. The predicted molar refractivity (Wildman–Crippen MR) is 107 cm³/mol. The lowest BCUT2D eigenvalue weighted by atomic mass is 10.0. The van der Waals surface area contributed by atoms with Crippen molar-refractivity contribution in [2.45, 2.75) is 13.5 Å². The van der Waals surface area contributed by atoms with Crippen LogP contribution >= 0.6 is 0 Å². The first-order chi connectivity index (χ1) is 14.4. The van der Waals surface area contributed by atoms with Gasteiger partial charge in [-0.25, -0.2) is 4.79 Å². The van der Waals surface area contributed by atoms with Gasteiger partial charge < -0.3 is 14.4 Å². The lowest BCUT2D eigenvalue weighted by Crippen LogP contribution is -2.24. The highest BCUT2D eigenvalue weighted by molar-refractivity contribution is 6.16. The monoisotopic (exact) mass is 409 g/mol. The number of esters is 1. The molecule has 0 atom stereocenters. The average Bonchev–Trinajstić information content (AvgIpc) is 2.98. The van der Waals surface area contributed by atoms with Crippen molar-refractivity contribution < 1.29 is 24.0 Å². The van der Waals surface area contributed by atoms with E-state index in [0.717, 1.165) is 5.56 Å². The van der Waals surface area contributed by atoms with E-state index in [-0.39, 0.29) is 29.1 Å². The van der Waals surface area contributed by atoms with Gasteiger partial charge in [0.15, 0.2) is 5.75 Å². The minimum absolute atomic E-state index is 0.0954. The molecule has 1 aliphatic rings. The number of hydrogen-bond donors (Lipinski definition) is 0. The van der Waals surface area contributed by atoms with Crippen LogP contribution in [0.3, 0.4) is 0 Å². The number of amides is 1. The second-order valence-corrected chi connectivity index (χ2v) is 6.45. The Morgan fingerprint density at radius 2 is 2.07 bits per heavy atom. The van der Waals surface area contributed by atoms with Gasteiger partial charge in [-0.1, -0.05) is 12.1 Å². The molecule has 1 amide bonds. The number of benzene rings is 1. The van der Waals surface area contributed by atoms with Gasteiger partial charge in [0.1, 0.15) is 0 Å². The van der Waals surface area contributed by atoms with Crippen molar-refractivity contribution in [3.05, 3.63) is 80.8 Å². The highest BCUT2D eigenvalue weighted by atomic mass is 16.6. The van der Waals surface area contributed by atoms with Crippen LogP contribution in [-0.4, -0.2) is 40.9 Å². The standard InChI is InChI=1S/C21H19N3O6/c1-13-19(21(26)30-3)16(20(25)23(13)12-15-5-4-8-22-11-15)9-14-6-7-18(29-2)17(10-14)24(27)28/h4-11H,12H2,1-3H3/b16-9-. The summed E-state index contributed by atoms with van der Waals surface area (Å²) in [6.07, 6.45) is 4.69. The number of carbonyl (C=O) groups excluding carboxylic acids is 2. The topological polar surface area (TPSA) is 112 Å². The maximum Gasteiger partial charge on any atom is 0.340 e. The molecule has 1 aliphatic heterocycles. The minimum Gasteiger partial charge on any atom is -0.490 e. The van der Waals surface area contributed by atoms with Gasteiger partial charge >= 0.3 is 11.7 Å². The molecule has 0 fully saturated rings. The van der Waals surface area contributed by atoms with E-state index in [1.165, 1.54) is 37.3 Å². The first kappa shape index (κ1) is 20.7. The van der Waals surface area contributed by atoms with E-state index in [9.17, 15) is 19.7 Å². The molecule has 30 heavy (non-hydrogen) atoms. The molecular formula is C21H19N3O6. The lowest BCUT2D eigenvalue weighted by molar-refractivity contribution is -0.385. The van der Waals surface area contributed by atoms with Crippen LogP contribution in [-0.2, 0) is 20.9 Å². The van der Waals surface area contributed by atoms with Crippen molar-refractivity contribution in [2.24, 2.45) is 0 Å². The summed E-state index contributed by atoms with van der Waals surface area (Å²) in [6, 6.07) is 7.86. The Kier molecular flexibility index (Phi) is 5.91. The van der Waals surface area contributed by atoms with E-state index < -0.39 is 16.8 Å². The van der Waals surface area contributed by atoms with E-state index in [1.54, 1.807) is 31.5 Å². The molecule has 9 heteroatoms. The molecular weight excluding hydrogens is 390 g/mol. The first-order valence-corrected chi connectivity index (χ1v) is 8.91. The molecule has 154 valence electrons. The quantitative estimate of drug-likeness (QED) is 0.312. The molecule has 0 N–H and O–H groups in total. The number of allylic oxidation sites excluding steroid dienone is 1. The normalized spacial score (nSPS) is 15.0. The van der Waals surface area contributed by atoms with Crippen molar-refractivity contribution in [3.8, 4) is 5.75 Å². The summed E-state index contributed by atoms with van der Waals surface area (Å²) in [5, 5.41) is 11.3. The Labute approximate surface area is 172 Å². The number of nitrogens with zero attached hydrogens (tertiary/aromatic N) is 3. The SMILES string of the molecule is COC(=O)C1=C(C)N(Cc2cccnc2)C(=O)/C1=C\c1ccc(OC)c([N+](=O)[O-])c1. The number of carbonyl (C=O) groups is 2. The number of nitro benzene ring substituents is 1. The molecule has 2 heterocycles. The van der Waals surface area contributed by atoms with Gasteiger partial charge in [-0.05, 0) is 36.3 Å². The van der Waals surface area contributed by atoms with Crippen LogP contribution in [0.5, 0.6) is 5.75 Å². The lowest BCUT2D eigenvalue weighted by Gasteiger charge is -2.17. The fourth-order valence-corrected chi connectivity index (χ4v) is 3.20. The smallest absolute Gasteiger partial charge is 0.340 e. The van der Waals surface area contributed by atoms with Crippen molar-refractivity contribution >= 4 is 23.6 Å². The zero-order valence-corrected chi connectivity index (χ0v) is 16.6. The molecule has 0 spiro atoms. The maximum atomic E-state index is 13.1. The zero-order chi connectivity index (χ0) is 21.8. The summed E-state index contributed by atoms with van der Waals surface area (Å²) in [7, 11) is 2.56. The van der Waals surface area contributed by atoms with Crippen molar-refractivity contribution in [2.75, 3.05) is 14.2 Å². The van der Waals surface area contributed by atoms with E-state index in [0.29, 0.717) is 11.3 Å². The molecule has 2 aromatic rings. The summed E-state index contributed by atoms with van der Waals surface area (Å²) in [5.74, 6) is -0.975. The van der Waals surface area contributed by atoms with Crippen LogP contribution in [0.15, 0.2) is 59.6 Å². The van der Waals surface area contributed by atoms with Crippen LogP contribution in [0, 0.1) is 10.1 Å². The number of nitro groups is 1. The van der Waals surface area contributed by atoms with E-state index in [2.05, 4.69) is 4.98 Å². The molecule has 0 unspecified atom stereocenters. The molecule has 0 saturated heterocycles. The number of rotatable bonds is 6. The fraction of sp³-hybridized carbons (Fsp3) is 0.190. The molecule has 3 rings (SSSR count). The number of aromatic nitrogens is 1. The van der Waals surface area contributed by atoms with Crippen LogP contribution in [0.4, 0.5) is 5.69 Å². The first-order valence-electron chi connectivity index (χ1n) is 8.91. The Morgan fingerprint density at radius 3 is 2.67 bits per heavy atom. The van der Waals surface area contributed by atoms with Crippen molar-refractivity contribution in [3.63, 3.8) is 0 Å². The Morgan fingerprint density at radius 1 is 1.30 bits per heavy atom. The summed E-state index contributed by atoms with van der Waals surface area (Å²) in [6.45, 7) is 1.87. The van der Waals surface area contributed by atoms with Crippen molar-refractivity contribution in [1.29, 1.82) is 0 Å². The van der Waals surface area contributed by atoms with Gasteiger partial charge in [0.25, 0.3) is 5.91 Å². The largest absolute Gasteiger partial charge is 0.490 e. The summed E-state index contributed by atoms with van der Waals surface area (Å²) < 4.78 is 9.86. The van der Waals surface area contributed by atoms with Crippen LogP contribution < -0.4 is 4.74 Å². The molecule has 9 nitrogen and oxygen atoms in total. The number of pyridine rings is 1. The second-order valence-electron chi connectivity index (χ2n) is 6.45. The van der Waals surface area contributed by atoms with Gasteiger partial charge in [-0.2, -0.15) is 0 Å². The van der Waals surface area contributed by atoms with Crippen molar-refractivity contribution in [1.82, 2.24) is 9.88 Å². The summed E-state index contributed by atoms with van der Waals surface area (Å²) in [4.78, 5) is 41.7. The second kappa shape index (κ2) is 8.56. The van der Waals surface area contributed by atoms with Crippen LogP contribution in [0.2, 0.25) is 0 Å². The van der Waals surface area contributed by atoms with Crippen LogP contribution in [0.25, 0.3) is 6.08 Å². The highest BCUT2D eigenvalue weighted by Gasteiger charge is 2.37. The van der Waals surface area contributed by atoms with E-state index in [1.807, 2.05) is 6.07 Å². The van der Waals surface area contributed by atoms with Gasteiger partial charge in [0, 0.05) is 24.2 Å². The van der Waals surface area contributed by atoms with E-state index in [4.69, 9.17) is 9.47 Å². The Bertz CT molecular complexity index is 1080. The third-order valence-electron chi connectivity index (χ3n) is 4.68. The Balaban J connectivity index is 2.06. The molecule has 0 radical (unpaired) electrons. The minimum atomic E-state index is -0.663. The molecule has 0 saturated carbocycles. The third-order valence-corrected chi connectivity index (χ3v) is 4.68. The molecule has 0 bridgehead atoms. The number of ether oxygens (including phenoxy) is 2. The zero-order valence-electron chi connectivity index (χ0n) is 16.6. The molecule has 0 aliphatic carbocycles. The third kappa shape index (κ3) is 3.90. The summed E-state index contributed by atoms with van der Waals surface area (Å²) >= 11 is 0. The van der Waals surface area contributed by atoms with Gasteiger partial charge in [-0.3, -0.25) is 19.9 Å². The Hall–Kier alpha value is -4.01. The maximum absolute atomic E-state index is 13.1. The number of hydrogen-bond acceptors (Lipinski definition) is 7. The number of methoxy groups -OCH3 is 2. The predicted octanol–water partition coefficient (Wildman–Crippen LogP) is 2.87. The van der Waals surface area contributed by atoms with Gasteiger partial charge in [0.2, 0.25) is 0 Å². The molecule has 1 aromatic heterocycles. The average molecular weight is 409 g/mol. The highest BCUT2D eigenvalue weighted by Crippen LogP contribution is 2.34. The van der Waals surface area contributed by atoms with Gasteiger partial charge in [-0.15, -0.1) is 0 Å². The van der Waals surface area contributed by atoms with E-state index >= 15 is 0 Å².